The Morgan fingerprint density at radius 2 is 2.05 bits per heavy atom. The second-order valence-electron chi connectivity index (χ2n) is 5.39. The summed E-state index contributed by atoms with van der Waals surface area (Å²) in [7, 11) is 1.52. The van der Waals surface area contributed by atoms with Gasteiger partial charge in [0.15, 0.2) is 0 Å². The first kappa shape index (κ1) is 16.3. The second-order valence-corrected chi connectivity index (χ2v) is 5.39. The Labute approximate surface area is 118 Å². The summed E-state index contributed by atoms with van der Waals surface area (Å²) in [6.45, 7) is 2.17. The summed E-state index contributed by atoms with van der Waals surface area (Å²) in [5, 5.41) is 16.9. The maximum Gasteiger partial charge on any atom is 0.329 e. The summed E-state index contributed by atoms with van der Waals surface area (Å²) in [6.07, 6.45) is 2.81. The van der Waals surface area contributed by atoms with Crippen molar-refractivity contribution >= 4 is 17.9 Å². The standard InChI is InChI=1S/C13H23N3O4/c1-9-4-3-6-13(8-9,11(18)19)16-12(20)15-7-5-10(17)14-2/h9H,3-8H2,1-2H3,(H,14,17)(H,18,19)(H2,15,16,20). The number of nitrogens with one attached hydrogen (secondary N) is 3. The molecule has 0 aromatic rings. The molecule has 0 spiro atoms. The fourth-order valence-electron chi connectivity index (χ4n) is 2.59. The lowest BCUT2D eigenvalue weighted by molar-refractivity contribution is -0.146. The molecule has 1 aliphatic rings. The van der Waals surface area contributed by atoms with Gasteiger partial charge >= 0.3 is 12.0 Å². The van der Waals surface area contributed by atoms with Gasteiger partial charge in [0.2, 0.25) is 5.91 Å². The Bertz CT molecular complexity index is 386. The minimum Gasteiger partial charge on any atom is -0.480 e. The fraction of sp³-hybridized carbons (Fsp3) is 0.769. The molecular weight excluding hydrogens is 262 g/mol. The number of carboxylic acid groups (broad SMARTS) is 1. The van der Waals surface area contributed by atoms with Crippen LogP contribution in [0.4, 0.5) is 4.79 Å². The molecule has 7 nitrogen and oxygen atoms in total. The molecule has 0 aromatic carbocycles. The van der Waals surface area contributed by atoms with E-state index in [-0.39, 0.29) is 24.8 Å². The number of urea groups is 1. The number of carboxylic acids is 1. The summed E-state index contributed by atoms with van der Waals surface area (Å²) >= 11 is 0. The van der Waals surface area contributed by atoms with Gasteiger partial charge in [-0.05, 0) is 18.8 Å². The Balaban J connectivity index is 2.51. The van der Waals surface area contributed by atoms with Crippen molar-refractivity contribution in [3.8, 4) is 0 Å². The van der Waals surface area contributed by atoms with Crippen molar-refractivity contribution in [1.29, 1.82) is 0 Å². The highest BCUT2D eigenvalue weighted by atomic mass is 16.4. The van der Waals surface area contributed by atoms with Crippen LogP contribution in [-0.2, 0) is 9.59 Å². The molecule has 0 heterocycles. The van der Waals surface area contributed by atoms with Crippen molar-refractivity contribution < 1.29 is 19.5 Å². The summed E-state index contributed by atoms with van der Waals surface area (Å²) in [5.41, 5.74) is -1.19. The number of hydrogen-bond acceptors (Lipinski definition) is 3. The third kappa shape index (κ3) is 4.40. The average molecular weight is 285 g/mol. The number of hydrogen-bond donors (Lipinski definition) is 4. The molecule has 0 aromatic heterocycles. The van der Waals surface area contributed by atoms with Crippen molar-refractivity contribution in [3.63, 3.8) is 0 Å². The van der Waals surface area contributed by atoms with E-state index in [2.05, 4.69) is 16.0 Å². The number of rotatable bonds is 5. The van der Waals surface area contributed by atoms with Crippen molar-refractivity contribution in [1.82, 2.24) is 16.0 Å². The third-order valence-electron chi connectivity index (χ3n) is 3.68. The van der Waals surface area contributed by atoms with Gasteiger partial charge in [0, 0.05) is 20.0 Å². The summed E-state index contributed by atoms with van der Waals surface area (Å²) in [4.78, 5) is 34.3. The van der Waals surface area contributed by atoms with Crippen molar-refractivity contribution in [2.75, 3.05) is 13.6 Å². The number of amides is 3. The average Bonchev–Trinajstić information content (AvgIpc) is 2.38. The smallest absolute Gasteiger partial charge is 0.329 e. The first-order chi connectivity index (χ1) is 9.39. The van der Waals surface area contributed by atoms with Gasteiger partial charge in [-0.1, -0.05) is 19.8 Å². The van der Waals surface area contributed by atoms with Crippen LogP contribution in [0.3, 0.4) is 0 Å². The third-order valence-corrected chi connectivity index (χ3v) is 3.68. The van der Waals surface area contributed by atoms with E-state index in [0.717, 1.165) is 12.8 Å². The van der Waals surface area contributed by atoms with E-state index in [4.69, 9.17) is 0 Å². The molecule has 4 N–H and O–H groups in total. The lowest BCUT2D eigenvalue weighted by Crippen LogP contribution is -2.59. The Hall–Kier alpha value is -1.79. The van der Waals surface area contributed by atoms with Gasteiger partial charge in [-0.25, -0.2) is 9.59 Å². The van der Waals surface area contributed by atoms with Crippen LogP contribution in [-0.4, -0.2) is 42.1 Å². The first-order valence-corrected chi connectivity index (χ1v) is 6.89. The predicted molar refractivity (Wildman–Crippen MR) is 73.2 cm³/mol. The van der Waals surface area contributed by atoms with Crippen molar-refractivity contribution in [2.45, 2.75) is 44.6 Å². The molecule has 2 atom stereocenters. The van der Waals surface area contributed by atoms with Crippen LogP contribution in [0.5, 0.6) is 0 Å². The van der Waals surface area contributed by atoms with Gasteiger partial charge < -0.3 is 21.1 Å². The zero-order valence-electron chi connectivity index (χ0n) is 12.0. The molecule has 3 amide bonds. The highest BCUT2D eigenvalue weighted by molar-refractivity contribution is 5.86. The molecule has 0 radical (unpaired) electrons. The Morgan fingerprint density at radius 3 is 2.60 bits per heavy atom. The van der Waals surface area contributed by atoms with Gasteiger partial charge in [-0.2, -0.15) is 0 Å². The molecule has 1 rings (SSSR count). The van der Waals surface area contributed by atoms with Gasteiger partial charge in [0.05, 0.1) is 0 Å². The molecule has 0 bridgehead atoms. The van der Waals surface area contributed by atoms with Crippen molar-refractivity contribution in [3.05, 3.63) is 0 Å². The molecular formula is C13H23N3O4. The minimum atomic E-state index is -1.19. The fourth-order valence-corrected chi connectivity index (χ4v) is 2.59. The summed E-state index contributed by atoms with van der Waals surface area (Å²) in [5.74, 6) is -0.902. The number of aliphatic carboxylic acids is 1. The highest BCUT2D eigenvalue weighted by Gasteiger charge is 2.43. The number of carbonyl (C=O) groups excluding carboxylic acids is 2. The van der Waals surface area contributed by atoms with Crippen LogP contribution < -0.4 is 16.0 Å². The second kappa shape index (κ2) is 7.12. The summed E-state index contributed by atoms with van der Waals surface area (Å²) < 4.78 is 0. The lowest BCUT2D eigenvalue weighted by Gasteiger charge is -2.36. The van der Waals surface area contributed by atoms with E-state index >= 15 is 0 Å². The molecule has 7 heteroatoms. The lowest BCUT2D eigenvalue weighted by atomic mass is 9.76. The van der Waals surface area contributed by atoms with E-state index in [1.165, 1.54) is 7.05 Å². The van der Waals surface area contributed by atoms with Gasteiger partial charge in [-0.3, -0.25) is 4.79 Å². The largest absolute Gasteiger partial charge is 0.480 e. The molecule has 0 saturated heterocycles. The van der Waals surface area contributed by atoms with Crippen molar-refractivity contribution in [2.24, 2.45) is 5.92 Å². The zero-order chi connectivity index (χ0) is 15.2. The van der Waals surface area contributed by atoms with Crippen LogP contribution in [0.15, 0.2) is 0 Å². The molecule has 114 valence electrons. The van der Waals surface area contributed by atoms with Gasteiger partial charge in [0.25, 0.3) is 0 Å². The zero-order valence-corrected chi connectivity index (χ0v) is 12.0. The maximum absolute atomic E-state index is 11.8. The SMILES string of the molecule is CNC(=O)CCNC(=O)NC1(C(=O)O)CCCC(C)C1. The van der Waals surface area contributed by atoms with Crippen LogP contribution in [0.2, 0.25) is 0 Å². The molecule has 0 aliphatic heterocycles. The Kier molecular flexibility index (Phi) is 5.79. The van der Waals surface area contributed by atoms with Crippen LogP contribution in [0, 0.1) is 5.92 Å². The van der Waals surface area contributed by atoms with E-state index in [9.17, 15) is 19.5 Å². The van der Waals surface area contributed by atoms with E-state index < -0.39 is 17.5 Å². The normalized spacial score (nSPS) is 25.6. The molecule has 1 saturated carbocycles. The molecule has 1 aliphatic carbocycles. The maximum atomic E-state index is 11.8. The molecule has 1 fully saturated rings. The minimum absolute atomic E-state index is 0.167. The quantitative estimate of drug-likeness (QED) is 0.588. The van der Waals surface area contributed by atoms with Gasteiger partial charge in [0.1, 0.15) is 5.54 Å². The van der Waals surface area contributed by atoms with E-state index in [1.54, 1.807) is 0 Å². The van der Waals surface area contributed by atoms with Crippen LogP contribution in [0.25, 0.3) is 0 Å². The summed E-state index contributed by atoms with van der Waals surface area (Å²) in [6, 6.07) is -0.537. The Morgan fingerprint density at radius 1 is 1.35 bits per heavy atom. The highest BCUT2D eigenvalue weighted by Crippen LogP contribution is 2.32. The first-order valence-electron chi connectivity index (χ1n) is 6.89. The topological polar surface area (TPSA) is 108 Å². The van der Waals surface area contributed by atoms with Gasteiger partial charge in [-0.15, -0.1) is 0 Å². The predicted octanol–water partition coefficient (Wildman–Crippen LogP) is 0.455. The monoisotopic (exact) mass is 285 g/mol. The van der Waals surface area contributed by atoms with E-state index in [0.29, 0.717) is 12.8 Å². The van der Waals surface area contributed by atoms with Crippen LogP contribution in [0.1, 0.15) is 39.0 Å². The molecule has 2 unspecified atom stereocenters. The number of carbonyl (C=O) groups is 3. The van der Waals surface area contributed by atoms with E-state index in [1.807, 2.05) is 6.92 Å². The van der Waals surface area contributed by atoms with Crippen LogP contribution >= 0.6 is 0 Å². The molecule has 20 heavy (non-hydrogen) atoms.